The van der Waals surface area contributed by atoms with Gasteiger partial charge in [0.2, 0.25) is 0 Å². The first-order chi connectivity index (χ1) is 12.8. The van der Waals surface area contributed by atoms with E-state index in [0.717, 1.165) is 24.2 Å². The van der Waals surface area contributed by atoms with E-state index in [-0.39, 0.29) is 13.2 Å². The van der Waals surface area contributed by atoms with Crippen LogP contribution >= 0.6 is 0 Å². The van der Waals surface area contributed by atoms with E-state index in [1.165, 1.54) is 24.9 Å². The van der Waals surface area contributed by atoms with Gasteiger partial charge in [0.05, 0.1) is 6.54 Å². The summed E-state index contributed by atoms with van der Waals surface area (Å²) in [6.07, 6.45) is 3.38. The van der Waals surface area contributed by atoms with E-state index in [0.29, 0.717) is 0 Å². The molecule has 0 spiro atoms. The highest BCUT2D eigenvalue weighted by Crippen LogP contribution is 2.20. The van der Waals surface area contributed by atoms with Crippen LogP contribution in [0, 0.1) is 11.8 Å². The number of hydrogen-bond acceptors (Lipinski definition) is 3. The largest absolute Gasteiger partial charge is 0.445 e. The summed E-state index contributed by atoms with van der Waals surface area (Å²) in [6.45, 7) is 2.76. The van der Waals surface area contributed by atoms with Crippen LogP contribution in [0.2, 0.25) is 0 Å². The van der Waals surface area contributed by atoms with Crippen molar-refractivity contribution in [3.63, 3.8) is 0 Å². The molecule has 134 valence electrons. The van der Waals surface area contributed by atoms with Gasteiger partial charge in [0.15, 0.2) is 0 Å². The summed E-state index contributed by atoms with van der Waals surface area (Å²) in [5.74, 6) is 6.09. The average Bonchev–Trinajstić information content (AvgIpc) is 2.71. The topological polar surface area (TPSA) is 41.6 Å². The number of anilines is 1. The van der Waals surface area contributed by atoms with Crippen LogP contribution in [0.4, 0.5) is 10.5 Å². The van der Waals surface area contributed by atoms with Gasteiger partial charge < -0.3 is 15.0 Å². The Balaban J connectivity index is 1.45. The van der Waals surface area contributed by atoms with Crippen LogP contribution in [0.3, 0.4) is 0 Å². The Morgan fingerprint density at radius 3 is 2.65 bits per heavy atom. The van der Waals surface area contributed by atoms with Crippen LogP contribution in [-0.2, 0) is 11.3 Å². The number of ether oxygens (including phenoxy) is 1. The molecule has 26 heavy (non-hydrogen) atoms. The number of nitrogens with zero attached hydrogens (tertiary/aromatic N) is 1. The number of rotatable bonds is 4. The predicted octanol–water partition coefficient (Wildman–Crippen LogP) is 3.95. The van der Waals surface area contributed by atoms with Crippen molar-refractivity contribution < 1.29 is 9.53 Å². The summed E-state index contributed by atoms with van der Waals surface area (Å²) in [6, 6.07) is 17.9. The minimum atomic E-state index is -0.453. The van der Waals surface area contributed by atoms with E-state index in [9.17, 15) is 4.79 Å². The van der Waals surface area contributed by atoms with Gasteiger partial charge in [-0.2, -0.15) is 0 Å². The molecule has 1 aliphatic rings. The second kappa shape index (κ2) is 9.53. The second-order valence-electron chi connectivity index (χ2n) is 6.32. The van der Waals surface area contributed by atoms with Gasteiger partial charge >= 0.3 is 6.09 Å². The molecule has 3 rings (SSSR count). The molecule has 1 fully saturated rings. The SMILES string of the molecule is O=C(NCC#Cc1cccc(N2CCCCC2)c1)OCc1ccccc1. The third kappa shape index (κ3) is 5.56. The normalized spacial score (nSPS) is 13.5. The van der Waals surface area contributed by atoms with E-state index in [1.54, 1.807) is 0 Å². The van der Waals surface area contributed by atoms with Gasteiger partial charge in [0, 0.05) is 24.3 Å². The third-order valence-electron chi connectivity index (χ3n) is 4.33. The van der Waals surface area contributed by atoms with Crippen LogP contribution in [0.5, 0.6) is 0 Å². The Kier molecular flexibility index (Phi) is 6.55. The average molecular weight is 348 g/mol. The van der Waals surface area contributed by atoms with Crippen molar-refractivity contribution >= 4 is 11.8 Å². The molecule has 4 nitrogen and oxygen atoms in total. The summed E-state index contributed by atoms with van der Waals surface area (Å²) < 4.78 is 5.15. The molecule has 0 radical (unpaired) electrons. The first-order valence-corrected chi connectivity index (χ1v) is 9.10. The van der Waals surface area contributed by atoms with Crippen LogP contribution in [0.1, 0.15) is 30.4 Å². The summed E-state index contributed by atoms with van der Waals surface area (Å²) in [5.41, 5.74) is 3.16. The fourth-order valence-electron chi connectivity index (χ4n) is 2.97. The van der Waals surface area contributed by atoms with Gasteiger partial charge in [-0.15, -0.1) is 0 Å². The van der Waals surface area contributed by atoms with E-state index in [2.05, 4.69) is 34.2 Å². The molecule has 0 aromatic heterocycles. The number of piperidine rings is 1. The third-order valence-corrected chi connectivity index (χ3v) is 4.33. The van der Waals surface area contributed by atoms with Crippen molar-refractivity contribution in [1.82, 2.24) is 5.32 Å². The minimum Gasteiger partial charge on any atom is -0.445 e. The van der Waals surface area contributed by atoms with Crippen molar-refractivity contribution in [3.8, 4) is 11.8 Å². The smallest absolute Gasteiger partial charge is 0.408 e. The van der Waals surface area contributed by atoms with Crippen LogP contribution in [-0.4, -0.2) is 25.7 Å². The molecular formula is C22H24N2O2. The Bertz CT molecular complexity index is 771. The molecule has 0 bridgehead atoms. The van der Waals surface area contributed by atoms with Gasteiger partial charge in [-0.3, -0.25) is 0 Å². The molecule has 1 aliphatic heterocycles. The van der Waals surface area contributed by atoms with Crippen LogP contribution in [0.25, 0.3) is 0 Å². The zero-order chi connectivity index (χ0) is 18.0. The maximum atomic E-state index is 11.7. The Hall–Kier alpha value is -2.93. The Morgan fingerprint density at radius 2 is 1.85 bits per heavy atom. The number of alkyl carbamates (subject to hydrolysis) is 1. The molecule has 0 atom stereocenters. The predicted molar refractivity (Wildman–Crippen MR) is 104 cm³/mol. The van der Waals surface area contributed by atoms with Crippen LogP contribution in [0.15, 0.2) is 54.6 Å². The number of carbonyl (C=O) groups is 1. The molecule has 1 saturated heterocycles. The lowest BCUT2D eigenvalue weighted by molar-refractivity contribution is 0.141. The zero-order valence-corrected chi connectivity index (χ0v) is 14.9. The van der Waals surface area contributed by atoms with Gasteiger partial charge in [0.25, 0.3) is 0 Å². The second-order valence-corrected chi connectivity index (χ2v) is 6.32. The highest BCUT2D eigenvalue weighted by atomic mass is 16.5. The molecule has 4 heteroatoms. The molecule has 0 saturated carbocycles. The molecule has 0 aliphatic carbocycles. The standard InChI is InChI=1S/C22H24N2O2/c25-22(26-18-20-9-3-1-4-10-20)23-14-8-12-19-11-7-13-21(17-19)24-15-5-2-6-16-24/h1,3-4,7,9-11,13,17H,2,5-6,14-16,18H2,(H,23,25). The van der Waals surface area contributed by atoms with Crippen molar-refractivity contribution in [2.75, 3.05) is 24.5 Å². The molecule has 2 aromatic carbocycles. The maximum absolute atomic E-state index is 11.7. The minimum absolute atomic E-state index is 0.262. The van der Waals surface area contributed by atoms with Gasteiger partial charge in [-0.05, 0) is 43.0 Å². The molecule has 2 aromatic rings. The lowest BCUT2D eigenvalue weighted by atomic mass is 10.1. The van der Waals surface area contributed by atoms with Gasteiger partial charge in [0.1, 0.15) is 6.61 Å². The van der Waals surface area contributed by atoms with Gasteiger partial charge in [-0.1, -0.05) is 48.2 Å². The van der Waals surface area contributed by atoms with E-state index < -0.39 is 6.09 Å². The zero-order valence-electron chi connectivity index (χ0n) is 14.9. The molecule has 0 unspecified atom stereocenters. The number of amides is 1. The first kappa shape index (κ1) is 17.9. The summed E-state index contributed by atoms with van der Waals surface area (Å²) in [5, 5.41) is 2.66. The van der Waals surface area contributed by atoms with E-state index >= 15 is 0 Å². The Labute approximate surface area is 155 Å². The quantitative estimate of drug-likeness (QED) is 0.851. The number of hydrogen-bond donors (Lipinski definition) is 1. The Morgan fingerprint density at radius 1 is 1.04 bits per heavy atom. The van der Waals surface area contributed by atoms with Crippen molar-refractivity contribution in [2.24, 2.45) is 0 Å². The summed E-state index contributed by atoms with van der Waals surface area (Å²) in [7, 11) is 0. The van der Waals surface area contributed by atoms with Crippen molar-refractivity contribution in [1.29, 1.82) is 0 Å². The van der Waals surface area contributed by atoms with E-state index in [4.69, 9.17) is 4.74 Å². The summed E-state index contributed by atoms with van der Waals surface area (Å²) in [4.78, 5) is 14.1. The maximum Gasteiger partial charge on any atom is 0.408 e. The lowest BCUT2D eigenvalue weighted by Gasteiger charge is -2.28. The number of benzene rings is 2. The van der Waals surface area contributed by atoms with E-state index in [1.807, 2.05) is 42.5 Å². The van der Waals surface area contributed by atoms with Crippen molar-refractivity contribution in [3.05, 3.63) is 65.7 Å². The highest BCUT2D eigenvalue weighted by molar-refractivity contribution is 5.67. The fraction of sp³-hybridized carbons (Fsp3) is 0.318. The lowest BCUT2D eigenvalue weighted by Crippen LogP contribution is -2.29. The van der Waals surface area contributed by atoms with Crippen LogP contribution < -0.4 is 10.2 Å². The fourth-order valence-corrected chi connectivity index (χ4v) is 2.97. The first-order valence-electron chi connectivity index (χ1n) is 9.10. The summed E-state index contributed by atoms with van der Waals surface area (Å²) >= 11 is 0. The number of carbonyl (C=O) groups excluding carboxylic acids is 1. The highest BCUT2D eigenvalue weighted by Gasteiger charge is 2.10. The molecule has 1 heterocycles. The molecule has 1 amide bonds. The van der Waals surface area contributed by atoms with Crippen molar-refractivity contribution in [2.45, 2.75) is 25.9 Å². The number of nitrogens with one attached hydrogen (secondary N) is 1. The molecular weight excluding hydrogens is 324 g/mol. The molecule has 1 N–H and O–H groups in total. The monoisotopic (exact) mass is 348 g/mol. The van der Waals surface area contributed by atoms with Gasteiger partial charge in [-0.25, -0.2) is 4.79 Å².